The van der Waals surface area contributed by atoms with Crippen molar-refractivity contribution in [2.24, 2.45) is 17.6 Å². The van der Waals surface area contributed by atoms with E-state index in [4.69, 9.17) is 43.1 Å². The molecule has 0 spiro atoms. The Morgan fingerprint density at radius 2 is 1.97 bits per heavy atom. The highest BCUT2D eigenvalue weighted by Gasteiger charge is 2.32. The zero-order chi connectivity index (χ0) is 24.5. The van der Waals surface area contributed by atoms with Crippen molar-refractivity contribution in [3.63, 3.8) is 0 Å². The highest BCUT2D eigenvalue weighted by Crippen LogP contribution is 2.34. The molecular weight excluding hydrogens is 477 g/mol. The van der Waals surface area contributed by atoms with Gasteiger partial charge in [0.05, 0.1) is 16.7 Å². The molecule has 0 amide bonds. The average Bonchev–Trinajstić information content (AvgIpc) is 2.82. The maximum absolute atomic E-state index is 11.8. The second-order valence-corrected chi connectivity index (χ2v) is 9.44. The van der Waals surface area contributed by atoms with Gasteiger partial charge in [0, 0.05) is 44.4 Å². The zero-order valence-electron chi connectivity index (χ0n) is 19.7. The Bertz CT molecular complexity index is 904. The van der Waals surface area contributed by atoms with E-state index >= 15 is 0 Å². The third-order valence-electron chi connectivity index (χ3n) is 6.02. The summed E-state index contributed by atoms with van der Waals surface area (Å²) >= 11 is 12.4. The molecule has 2 N–H and O–H groups in total. The van der Waals surface area contributed by atoms with Crippen LogP contribution >= 0.6 is 23.2 Å². The van der Waals surface area contributed by atoms with Crippen LogP contribution in [0.25, 0.3) is 0 Å². The number of pyridine rings is 1. The molecule has 1 aliphatic rings. The van der Waals surface area contributed by atoms with Crippen LogP contribution in [0.5, 0.6) is 11.6 Å². The third-order valence-corrected chi connectivity index (χ3v) is 6.58. The quantitative estimate of drug-likeness (QED) is 0.336. The third kappa shape index (κ3) is 7.06. The lowest BCUT2D eigenvalue weighted by molar-refractivity contribution is -0.113. The number of aldehydes is 1. The molecule has 0 aliphatic carbocycles. The number of halogens is 2. The topological polar surface area (TPSA) is 86.9 Å². The Morgan fingerprint density at radius 3 is 2.59 bits per heavy atom. The number of aromatic nitrogens is 1. The summed E-state index contributed by atoms with van der Waals surface area (Å²) in [5.74, 6) is 1.04. The van der Waals surface area contributed by atoms with Crippen molar-refractivity contribution in [3.8, 4) is 11.6 Å². The number of nitrogens with two attached hydrogens (primary N) is 1. The van der Waals surface area contributed by atoms with Crippen molar-refractivity contribution in [2.75, 3.05) is 46.6 Å². The van der Waals surface area contributed by atoms with E-state index < -0.39 is 0 Å². The van der Waals surface area contributed by atoms with Gasteiger partial charge in [0.1, 0.15) is 19.5 Å². The van der Waals surface area contributed by atoms with E-state index in [1.807, 2.05) is 19.1 Å². The van der Waals surface area contributed by atoms with E-state index in [2.05, 4.69) is 9.88 Å². The Hall–Kier alpha value is -1.90. The van der Waals surface area contributed by atoms with E-state index in [1.54, 1.807) is 25.4 Å². The van der Waals surface area contributed by atoms with Gasteiger partial charge in [-0.2, -0.15) is 0 Å². The minimum atomic E-state index is -0.313. The highest BCUT2D eigenvalue weighted by atomic mass is 35.5. The fraction of sp³-hybridized carbons (Fsp3) is 0.520. The molecule has 0 saturated carbocycles. The molecule has 3 rings (SSSR count). The predicted molar refractivity (Wildman–Crippen MR) is 134 cm³/mol. The lowest BCUT2D eigenvalue weighted by atomic mass is 9.89. The number of rotatable bonds is 12. The molecule has 186 valence electrons. The van der Waals surface area contributed by atoms with Crippen LogP contribution in [0.4, 0.5) is 0 Å². The van der Waals surface area contributed by atoms with Crippen LogP contribution in [0.2, 0.25) is 10.0 Å². The van der Waals surface area contributed by atoms with E-state index in [0.29, 0.717) is 34.2 Å². The van der Waals surface area contributed by atoms with Crippen LogP contribution in [0.1, 0.15) is 30.0 Å². The Kier molecular flexibility index (Phi) is 10.4. The number of ether oxygens (including phenoxy) is 3. The molecule has 0 radical (unpaired) electrons. The smallest absolute Gasteiger partial charge is 0.213 e. The van der Waals surface area contributed by atoms with Crippen LogP contribution in [-0.4, -0.2) is 62.7 Å². The molecule has 1 fully saturated rings. The summed E-state index contributed by atoms with van der Waals surface area (Å²) in [5, 5.41) is 0.933. The molecule has 7 nitrogen and oxygen atoms in total. The van der Waals surface area contributed by atoms with Gasteiger partial charge < -0.3 is 24.7 Å². The standard InChI is InChI=1S/C25H33Cl2N3O4/c1-17-10-21(26)25(22(27)11-17)34-9-8-33-23-6-5-19(13-29-23)24(20(12-28)15-31)30-7-3-4-18(14-30)16-32-2/h5-6,10-11,13,15,18,20,24H,3-4,7-9,12,14,16,28H2,1-2H3. The van der Waals surface area contributed by atoms with E-state index in [0.717, 1.165) is 43.3 Å². The van der Waals surface area contributed by atoms with E-state index in [1.165, 1.54) is 0 Å². The van der Waals surface area contributed by atoms with Gasteiger partial charge in [-0.1, -0.05) is 29.3 Å². The number of aryl methyl sites for hydroxylation is 1. The number of carbonyl (C=O) groups is 1. The van der Waals surface area contributed by atoms with E-state index in [9.17, 15) is 4.79 Å². The molecule has 2 aromatic rings. The molecule has 1 aromatic carbocycles. The minimum absolute atomic E-state index is 0.127. The van der Waals surface area contributed by atoms with Gasteiger partial charge in [-0.3, -0.25) is 4.90 Å². The Balaban J connectivity index is 1.61. The van der Waals surface area contributed by atoms with Crippen molar-refractivity contribution in [1.29, 1.82) is 0 Å². The average molecular weight is 510 g/mol. The zero-order valence-corrected chi connectivity index (χ0v) is 21.2. The first-order valence-electron chi connectivity index (χ1n) is 11.5. The fourth-order valence-corrected chi connectivity index (χ4v) is 5.18. The molecule has 1 aliphatic heterocycles. The number of benzene rings is 1. The summed E-state index contributed by atoms with van der Waals surface area (Å²) in [4.78, 5) is 18.6. The maximum Gasteiger partial charge on any atom is 0.213 e. The van der Waals surface area contributed by atoms with Crippen LogP contribution in [0.3, 0.4) is 0 Å². The first-order valence-corrected chi connectivity index (χ1v) is 12.3. The van der Waals surface area contributed by atoms with Crippen molar-refractivity contribution in [3.05, 3.63) is 51.6 Å². The Labute approximate surface area is 211 Å². The largest absolute Gasteiger partial charge is 0.487 e. The summed E-state index contributed by atoms with van der Waals surface area (Å²) in [6.07, 6.45) is 4.90. The molecule has 9 heteroatoms. The minimum Gasteiger partial charge on any atom is -0.487 e. The molecule has 3 unspecified atom stereocenters. The van der Waals surface area contributed by atoms with Gasteiger partial charge >= 0.3 is 0 Å². The molecule has 3 atom stereocenters. The molecule has 1 saturated heterocycles. The van der Waals surface area contributed by atoms with Gasteiger partial charge in [-0.15, -0.1) is 0 Å². The van der Waals surface area contributed by atoms with Crippen LogP contribution in [0.15, 0.2) is 30.5 Å². The summed E-state index contributed by atoms with van der Waals surface area (Å²) in [5.41, 5.74) is 7.86. The van der Waals surface area contributed by atoms with Crippen molar-refractivity contribution in [1.82, 2.24) is 9.88 Å². The SMILES string of the molecule is COCC1CCCN(C(c2ccc(OCCOc3c(Cl)cc(C)cc3Cl)nc2)C(C=O)CN)C1. The molecule has 0 bridgehead atoms. The number of methoxy groups -OCH3 is 1. The van der Waals surface area contributed by atoms with Crippen LogP contribution in [-0.2, 0) is 9.53 Å². The van der Waals surface area contributed by atoms with Gasteiger partial charge in [0.25, 0.3) is 0 Å². The van der Waals surface area contributed by atoms with E-state index in [-0.39, 0.29) is 31.7 Å². The van der Waals surface area contributed by atoms with Crippen molar-refractivity contribution in [2.45, 2.75) is 25.8 Å². The second-order valence-electron chi connectivity index (χ2n) is 8.62. The molecule has 2 heterocycles. The molecule has 34 heavy (non-hydrogen) atoms. The normalized spacial score (nSPS) is 18.3. The van der Waals surface area contributed by atoms with Gasteiger partial charge in [-0.25, -0.2) is 4.98 Å². The van der Waals surface area contributed by atoms with Gasteiger partial charge in [0.2, 0.25) is 5.88 Å². The highest BCUT2D eigenvalue weighted by molar-refractivity contribution is 6.37. The summed E-state index contributed by atoms with van der Waals surface area (Å²) < 4.78 is 16.8. The lowest BCUT2D eigenvalue weighted by Crippen LogP contribution is -2.44. The lowest BCUT2D eigenvalue weighted by Gasteiger charge is -2.40. The van der Waals surface area contributed by atoms with Crippen molar-refractivity contribution < 1.29 is 19.0 Å². The molecule has 1 aromatic heterocycles. The number of hydrogen-bond donors (Lipinski definition) is 1. The number of likely N-dealkylation sites (tertiary alicyclic amines) is 1. The second kappa shape index (κ2) is 13.3. The predicted octanol–water partition coefficient (Wildman–Crippen LogP) is 4.33. The number of piperidine rings is 1. The number of nitrogens with zero attached hydrogens (tertiary/aromatic N) is 2. The summed E-state index contributed by atoms with van der Waals surface area (Å²) in [7, 11) is 1.72. The van der Waals surface area contributed by atoms with Crippen LogP contribution in [0, 0.1) is 18.8 Å². The van der Waals surface area contributed by atoms with Crippen LogP contribution < -0.4 is 15.2 Å². The Morgan fingerprint density at radius 1 is 1.24 bits per heavy atom. The summed E-state index contributed by atoms with van der Waals surface area (Å²) in [6, 6.07) is 7.23. The fourth-order valence-electron chi connectivity index (χ4n) is 4.48. The first-order chi connectivity index (χ1) is 16.5. The molecular formula is C25H33Cl2N3O4. The van der Waals surface area contributed by atoms with Gasteiger partial charge in [0.15, 0.2) is 5.75 Å². The number of carbonyl (C=O) groups excluding carboxylic acids is 1. The van der Waals surface area contributed by atoms with Gasteiger partial charge in [-0.05, 0) is 55.5 Å². The number of hydrogen-bond acceptors (Lipinski definition) is 7. The monoisotopic (exact) mass is 509 g/mol. The maximum atomic E-state index is 11.8. The van der Waals surface area contributed by atoms with Crippen molar-refractivity contribution >= 4 is 29.5 Å². The summed E-state index contributed by atoms with van der Waals surface area (Å²) in [6.45, 7) is 5.23. The first kappa shape index (κ1) is 26.7.